The van der Waals surface area contributed by atoms with Gasteiger partial charge in [0.15, 0.2) is 11.6 Å². The summed E-state index contributed by atoms with van der Waals surface area (Å²) >= 11 is 0. The third-order valence-electron chi connectivity index (χ3n) is 10.2. The van der Waals surface area contributed by atoms with Crippen LogP contribution in [0.1, 0.15) is 31.2 Å². The van der Waals surface area contributed by atoms with E-state index in [1.54, 1.807) is 31.6 Å². The van der Waals surface area contributed by atoms with Gasteiger partial charge >= 0.3 is 0 Å². The monoisotopic (exact) mass is 654 g/mol. The molecule has 13 heteroatoms. The number of Topliss-reactive ketones (excluding diaryl/α,β-unsaturated/α-hetero) is 1. The zero-order valence-electron chi connectivity index (χ0n) is 27.0. The van der Waals surface area contributed by atoms with Crippen molar-refractivity contribution >= 4 is 28.8 Å². The fourth-order valence-electron chi connectivity index (χ4n) is 7.55. The first-order valence-corrected chi connectivity index (χ1v) is 16.7. The molecule has 0 saturated carbocycles. The number of aryl methyl sites for hydroxylation is 1. The first kappa shape index (κ1) is 30.7. The van der Waals surface area contributed by atoms with Crippen molar-refractivity contribution in [1.82, 2.24) is 24.6 Å². The number of benzene rings is 1. The van der Waals surface area contributed by atoms with Gasteiger partial charge in [0.25, 0.3) is 5.56 Å². The number of aliphatic hydroxyl groups is 1. The van der Waals surface area contributed by atoms with Gasteiger partial charge in [-0.15, -0.1) is 10.2 Å². The van der Waals surface area contributed by atoms with Crippen molar-refractivity contribution in [3.05, 3.63) is 81.4 Å². The lowest BCUT2D eigenvalue weighted by molar-refractivity contribution is -0.112. The second kappa shape index (κ2) is 12.5. The van der Waals surface area contributed by atoms with Crippen molar-refractivity contribution in [1.29, 1.82) is 0 Å². The number of fused-ring (bicyclic) bond motifs is 2. The molecule has 0 bridgehead atoms. The fraction of sp³-hybridized carbons (Fsp3) is 0.429. The number of hydrogen-bond acceptors (Lipinski definition) is 11. The summed E-state index contributed by atoms with van der Waals surface area (Å²) in [6.07, 6.45) is 7.20. The molecule has 2 N–H and O–H groups in total. The number of ether oxygens (including phenoxy) is 1. The maximum atomic E-state index is 15.3. The van der Waals surface area contributed by atoms with E-state index >= 15 is 4.39 Å². The zero-order chi connectivity index (χ0) is 32.9. The van der Waals surface area contributed by atoms with E-state index in [4.69, 9.17) is 4.74 Å². The average molecular weight is 655 g/mol. The number of aromatic nitrogens is 3. The Morgan fingerprint density at radius 2 is 1.81 bits per heavy atom. The zero-order valence-corrected chi connectivity index (χ0v) is 27.0. The van der Waals surface area contributed by atoms with Crippen LogP contribution in [0.15, 0.2) is 64.5 Å². The van der Waals surface area contributed by atoms with Crippen LogP contribution in [0.2, 0.25) is 0 Å². The van der Waals surface area contributed by atoms with E-state index in [9.17, 15) is 14.7 Å². The van der Waals surface area contributed by atoms with E-state index in [1.165, 1.54) is 16.7 Å². The molecule has 8 rings (SSSR count). The van der Waals surface area contributed by atoms with E-state index in [-0.39, 0.29) is 23.6 Å². The van der Waals surface area contributed by atoms with Crippen molar-refractivity contribution in [3.63, 3.8) is 0 Å². The minimum atomic E-state index is -0.486. The van der Waals surface area contributed by atoms with Crippen molar-refractivity contribution in [2.45, 2.75) is 38.3 Å². The molecule has 4 aliphatic heterocycles. The number of halogens is 1. The highest BCUT2D eigenvalue weighted by atomic mass is 19.1. The molecule has 1 aromatic carbocycles. The molecule has 12 nitrogen and oxygen atoms in total. The predicted molar refractivity (Wildman–Crippen MR) is 179 cm³/mol. The molecule has 0 atom stereocenters. The first-order valence-electron chi connectivity index (χ1n) is 16.7. The largest absolute Gasteiger partial charge is 0.392 e. The third kappa shape index (κ3) is 5.45. The Hall–Kier alpha value is -4.59. The van der Waals surface area contributed by atoms with E-state index in [1.807, 2.05) is 11.0 Å². The molecule has 6 heterocycles. The number of aliphatic hydroxyl groups excluding tert-OH is 1. The SMILES string of the molecule is Cn1cc(-c2cc(F)cc(N3C=C4C(=O)C5=C(CCCC5)N4CC3)c2CO)cc(Nc2ccc(N3CCN(C4COC4)CC3)nn2)c1=O. The van der Waals surface area contributed by atoms with Crippen molar-refractivity contribution < 1.29 is 19.0 Å². The normalized spacial score (nSPS) is 20.1. The molecule has 0 spiro atoms. The highest BCUT2D eigenvalue weighted by Gasteiger charge is 2.38. The van der Waals surface area contributed by atoms with Gasteiger partial charge < -0.3 is 34.4 Å². The number of hydrogen-bond donors (Lipinski definition) is 2. The Morgan fingerprint density at radius 3 is 2.54 bits per heavy atom. The summed E-state index contributed by atoms with van der Waals surface area (Å²) in [7, 11) is 1.63. The summed E-state index contributed by atoms with van der Waals surface area (Å²) in [5.74, 6) is 0.739. The molecule has 1 aliphatic carbocycles. The predicted octanol–water partition coefficient (Wildman–Crippen LogP) is 3.11. The van der Waals surface area contributed by atoms with Gasteiger partial charge in [-0.05, 0) is 61.6 Å². The molecule has 3 aromatic rings. The Balaban J connectivity index is 1.05. The molecule has 5 aliphatic rings. The Labute approximate surface area is 277 Å². The number of nitrogens with one attached hydrogen (secondary N) is 1. The highest BCUT2D eigenvalue weighted by molar-refractivity contribution is 6.11. The first-order chi connectivity index (χ1) is 23.4. The van der Waals surface area contributed by atoms with Gasteiger partial charge in [0.05, 0.1) is 25.9 Å². The molecule has 250 valence electrons. The van der Waals surface area contributed by atoms with Crippen LogP contribution in [0.4, 0.5) is 27.4 Å². The van der Waals surface area contributed by atoms with Crippen LogP contribution in [0.3, 0.4) is 0 Å². The van der Waals surface area contributed by atoms with Gasteiger partial charge in [-0.3, -0.25) is 14.5 Å². The number of allylic oxidation sites excluding steroid dienone is 2. The number of carbonyl (C=O) groups excluding carboxylic acids is 1. The number of rotatable bonds is 7. The standard InChI is InChI=1S/C35H39FN8O4/c1-40-17-22(14-28(35(40)47)37-32-6-7-33(39-38-32)42-10-8-41(9-11-42)24-20-48-21-24)26-15-23(36)16-30(27(26)19-45)43-12-13-44-29-5-3-2-4-25(29)34(46)31(44)18-43/h6-7,14-18,24,45H,2-5,8-13,19-21H2,1H3,(H,37,38). The van der Waals surface area contributed by atoms with Crippen molar-refractivity contribution in [2.24, 2.45) is 7.05 Å². The van der Waals surface area contributed by atoms with Crippen LogP contribution in [-0.4, -0.2) is 94.0 Å². The molecule has 0 amide bonds. The third-order valence-corrected chi connectivity index (χ3v) is 10.2. The lowest BCUT2D eigenvalue weighted by Crippen LogP contribution is -2.56. The quantitative estimate of drug-likeness (QED) is 0.391. The maximum absolute atomic E-state index is 15.3. The fourth-order valence-corrected chi connectivity index (χ4v) is 7.55. The lowest BCUT2D eigenvalue weighted by Gasteiger charge is -2.42. The minimum absolute atomic E-state index is 0.0449. The van der Waals surface area contributed by atoms with Gasteiger partial charge in [0, 0.05) is 86.8 Å². The molecule has 2 saturated heterocycles. The van der Waals surface area contributed by atoms with E-state index < -0.39 is 5.82 Å². The van der Waals surface area contributed by atoms with Crippen LogP contribution >= 0.6 is 0 Å². The number of pyridine rings is 1. The molecular weight excluding hydrogens is 615 g/mol. The minimum Gasteiger partial charge on any atom is -0.392 e. The molecular formula is C35H39FN8O4. The number of ketones is 1. The molecule has 48 heavy (non-hydrogen) atoms. The van der Waals surface area contributed by atoms with Crippen LogP contribution in [0.5, 0.6) is 0 Å². The van der Waals surface area contributed by atoms with Gasteiger partial charge in [-0.25, -0.2) is 4.39 Å². The summed E-state index contributed by atoms with van der Waals surface area (Å²) in [5, 5.41) is 22.5. The Kier molecular flexibility index (Phi) is 7.97. The van der Waals surface area contributed by atoms with E-state index in [0.717, 1.165) is 82.2 Å². The number of piperazine rings is 1. The number of anilines is 4. The van der Waals surface area contributed by atoms with Crippen molar-refractivity contribution in [2.75, 3.05) is 67.6 Å². The van der Waals surface area contributed by atoms with E-state index in [0.29, 0.717) is 53.0 Å². The topological polar surface area (TPSA) is 119 Å². The molecule has 0 unspecified atom stereocenters. The Morgan fingerprint density at radius 1 is 1.00 bits per heavy atom. The summed E-state index contributed by atoms with van der Waals surface area (Å²) in [5.41, 5.74) is 4.58. The van der Waals surface area contributed by atoms with Crippen LogP contribution < -0.4 is 20.7 Å². The average Bonchev–Trinajstić information content (AvgIpc) is 3.37. The Bertz CT molecular complexity index is 1880. The summed E-state index contributed by atoms with van der Waals surface area (Å²) < 4.78 is 22.1. The summed E-state index contributed by atoms with van der Waals surface area (Å²) in [6.45, 7) is 5.98. The van der Waals surface area contributed by atoms with Gasteiger partial charge in [-0.2, -0.15) is 0 Å². The lowest BCUT2D eigenvalue weighted by atomic mass is 9.96. The smallest absolute Gasteiger partial charge is 0.274 e. The molecule has 0 radical (unpaired) electrons. The second-order valence-corrected chi connectivity index (χ2v) is 13.1. The highest BCUT2D eigenvalue weighted by Crippen LogP contribution is 2.41. The van der Waals surface area contributed by atoms with Crippen LogP contribution in [0.25, 0.3) is 11.1 Å². The summed E-state index contributed by atoms with van der Waals surface area (Å²) in [4.78, 5) is 35.1. The van der Waals surface area contributed by atoms with Crippen molar-refractivity contribution in [3.8, 4) is 11.1 Å². The molecule has 2 fully saturated rings. The van der Waals surface area contributed by atoms with E-state index in [2.05, 4.69) is 30.2 Å². The van der Waals surface area contributed by atoms with Gasteiger partial charge in [0.2, 0.25) is 5.78 Å². The number of carbonyl (C=O) groups is 1. The van der Waals surface area contributed by atoms with Gasteiger partial charge in [-0.1, -0.05) is 0 Å². The van der Waals surface area contributed by atoms with Crippen LogP contribution in [-0.2, 0) is 23.2 Å². The molecule has 2 aromatic heterocycles. The van der Waals surface area contributed by atoms with Gasteiger partial charge in [0.1, 0.15) is 17.2 Å². The maximum Gasteiger partial charge on any atom is 0.274 e. The van der Waals surface area contributed by atoms with Crippen LogP contribution in [0, 0.1) is 5.82 Å². The summed E-state index contributed by atoms with van der Waals surface area (Å²) in [6, 6.07) is 8.62. The number of nitrogens with zero attached hydrogens (tertiary/aromatic N) is 7. The second-order valence-electron chi connectivity index (χ2n) is 13.1.